The standard InChI is InChI=1S/C17H13ClO2S/c18-12-6-3-5-11-8-13(20-17(11)12)16(19)15-9-10-4-1-2-7-14(10)21-15/h1-8,15-16,19H,9H2. The number of fused-ring (bicyclic) bond motifs is 2. The van der Waals surface area contributed by atoms with E-state index < -0.39 is 6.10 Å². The van der Waals surface area contributed by atoms with E-state index >= 15 is 0 Å². The Labute approximate surface area is 131 Å². The molecule has 21 heavy (non-hydrogen) atoms. The zero-order chi connectivity index (χ0) is 14.4. The number of aliphatic hydroxyl groups excluding tert-OH is 1. The van der Waals surface area contributed by atoms with Crippen LogP contribution in [-0.4, -0.2) is 10.4 Å². The van der Waals surface area contributed by atoms with E-state index in [-0.39, 0.29) is 5.25 Å². The molecule has 106 valence electrons. The van der Waals surface area contributed by atoms with Crippen molar-refractivity contribution in [3.05, 3.63) is 64.9 Å². The summed E-state index contributed by atoms with van der Waals surface area (Å²) in [7, 11) is 0. The molecule has 2 unspecified atom stereocenters. The molecule has 0 saturated heterocycles. The molecule has 1 N–H and O–H groups in total. The summed E-state index contributed by atoms with van der Waals surface area (Å²) in [6.45, 7) is 0. The number of aliphatic hydroxyl groups is 1. The van der Waals surface area contributed by atoms with Gasteiger partial charge >= 0.3 is 0 Å². The van der Waals surface area contributed by atoms with Gasteiger partial charge in [0.25, 0.3) is 0 Å². The fraction of sp³-hybridized carbons (Fsp3) is 0.176. The molecule has 2 aromatic carbocycles. The average Bonchev–Trinajstić information content (AvgIpc) is 3.11. The Balaban J connectivity index is 1.66. The van der Waals surface area contributed by atoms with Crippen molar-refractivity contribution in [1.82, 2.24) is 0 Å². The van der Waals surface area contributed by atoms with Crippen LogP contribution >= 0.6 is 23.4 Å². The lowest BCUT2D eigenvalue weighted by atomic mass is 10.1. The molecule has 1 aliphatic rings. The summed E-state index contributed by atoms with van der Waals surface area (Å²) >= 11 is 7.84. The van der Waals surface area contributed by atoms with Crippen LogP contribution in [0, 0.1) is 0 Å². The highest BCUT2D eigenvalue weighted by Gasteiger charge is 2.31. The summed E-state index contributed by atoms with van der Waals surface area (Å²) in [5, 5.41) is 12.2. The highest BCUT2D eigenvalue weighted by Crippen LogP contribution is 2.43. The van der Waals surface area contributed by atoms with Crippen LogP contribution in [0.1, 0.15) is 17.4 Å². The van der Waals surface area contributed by atoms with Crippen molar-refractivity contribution in [3.63, 3.8) is 0 Å². The quantitative estimate of drug-likeness (QED) is 0.734. The average molecular weight is 317 g/mol. The number of thioether (sulfide) groups is 1. The van der Waals surface area contributed by atoms with E-state index in [1.807, 2.05) is 30.3 Å². The highest BCUT2D eigenvalue weighted by molar-refractivity contribution is 8.00. The molecule has 0 bridgehead atoms. The third kappa shape index (κ3) is 2.26. The molecule has 0 amide bonds. The van der Waals surface area contributed by atoms with Gasteiger partial charge < -0.3 is 9.52 Å². The molecule has 3 aromatic rings. The Hall–Kier alpha value is -1.42. The summed E-state index contributed by atoms with van der Waals surface area (Å²) < 4.78 is 5.78. The van der Waals surface area contributed by atoms with Gasteiger partial charge in [-0.2, -0.15) is 0 Å². The van der Waals surface area contributed by atoms with Crippen molar-refractivity contribution in [1.29, 1.82) is 0 Å². The predicted octanol–water partition coefficient (Wildman–Crippen LogP) is 4.84. The first-order valence-corrected chi connectivity index (χ1v) is 8.09. The van der Waals surface area contributed by atoms with Crippen LogP contribution in [0.15, 0.2) is 57.8 Å². The Bertz CT molecular complexity index is 786. The lowest BCUT2D eigenvalue weighted by molar-refractivity contribution is 0.150. The number of hydrogen-bond acceptors (Lipinski definition) is 3. The maximum Gasteiger partial charge on any atom is 0.152 e. The van der Waals surface area contributed by atoms with E-state index in [0.717, 1.165) is 11.8 Å². The lowest BCUT2D eigenvalue weighted by Crippen LogP contribution is -2.13. The molecular weight excluding hydrogens is 304 g/mol. The number of furan rings is 1. The molecule has 0 radical (unpaired) electrons. The van der Waals surface area contributed by atoms with Gasteiger partial charge in [0, 0.05) is 15.5 Å². The van der Waals surface area contributed by atoms with Crippen LogP contribution in [-0.2, 0) is 6.42 Å². The van der Waals surface area contributed by atoms with Crippen molar-refractivity contribution in [2.45, 2.75) is 22.7 Å². The van der Waals surface area contributed by atoms with Crippen LogP contribution in [0.2, 0.25) is 5.02 Å². The van der Waals surface area contributed by atoms with Crippen molar-refractivity contribution in [2.75, 3.05) is 0 Å². The molecular formula is C17H13ClO2S. The first kappa shape index (κ1) is 13.3. The fourth-order valence-electron chi connectivity index (χ4n) is 2.76. The van der Waals surface area contributed by atoms with Gasteiger partial charge in [-0.3, -0.25) is 0 Å². The zero-order valence-electron chi connectivity index (χ0n) is 11.1. The van der Waals surface area contributed by atoms with E-state index in [9.17, 15) is 5.11 Å². The van der Waals surface area contributed by atoms with Gasteiger partial charge in [0.15, 0.2) is 5.58 Å². The van der Waals surface area contributed by atoms with Crippen molar-refractivity contribution < 1.29 is 9.52 Å². The summed E-state index contributed by atoms with van der Waals surface area (Å²) in [5.74, 6) is 0.586. The second-order valence-corrected chi connectivity index (χ2v) is 6.91. The molecule has 2 atom stereocenters. The molecule has 1 aromatic heterocycles. The molecule has 4 rings (SSSR count). The first-order chi connectivity index (χ1) is 10.2. The zero-order valence-corrected chi connectivity index (χ0v) is 12.7. The molecule has 2 nitrogen and oxygen atoms in total. The second-order valence-electron chi connectivity index (χ2n) is 5.22. The van der Waals surface area contributed by atoms with Crippen LogP contribution in [0.25, 0.3) is 11.0 Å². The van der Waals surface area contributed by atoms with Crippen molar-refractivity contribution >= 4 is 34.3 Å². The van der Waals surface area contributed by atoms with Gasteiger partial charge in [-0.1, -0.05) is 41.9 Å². The maximum atomic E-state index is 10.6. The Morgan fingerprint density at radius 3 is 2.86 bits per heavy atom. The molecule has 1 aliphatic heterocycles. The normalized spacial score (nSPS) is 18.9. The van der Waals surface area contributed by atoms with Gasteiger partial charge in [0.2, 0.25) is 0 Å². The maximum absolute atomic E-state index is 10.6. The summed E-state index contributed by atoms with van der Waals surface area (Å²) in [5.41, 5.74) is 1.94. The number of para-hydroxylation sites is 1. The van der Waals surface area contributed by atoms with E-state index in [1.54, 1.807) is 17.8 Å². The summed E-state index contributed by atoms with van der Waals surface area (Å²) in [4.78, 5) is 1.25. The Morgan fingerprint density at radius 2 is 2.05 bits per heavy atom. The van der Waals surface area contributed by atoms with Crippen LogP contribution in [0.4, 0.5) is 0 Å². The third-order valence-electron chi connectivity index (χ3n) is 3.83. The minimum Gasteiger partial charge on any atom is -0.457 e. The monoisotopic (exact) mass is 316 g/mol. The Morgan fingerprint density at radius 1 is 1.19 bits per heavy atom. The molecule has 0 spiro atoms. The second kappa shape index (κ2) is 5.09. The van der Waals surface area contributed by atoms with E-state index in [2.05, 4.69) is 12.1 Å². The van der Waals surface area contributed by atoms with E-state index in [0.29, 0.717) is 16.4 Å². The van der Waals surface area contributed by atoms with Crippen LogP contribution < -0.4 is 0 Å². The minimum atomic E-state index is -0.633. The molecule has 4 heteroatoms. The molecule has 0 saturated carbocycles. The van der Waals surface area contributed by atoms with Crippen molar-refractivity contribution in [2.24, 2.45) is 0 Å². The summed E-state index contributed by atoms with van der Waals surface area (Å²) in [6.07, 6.45) is 0.220. The minimum absolute atomic E-state index is 0.0849. The fourth-order valence-corrected chi connectivity index (χ4v) is 4.29. The van der Waals surface area contributed by atoms with Gasteiger partial charge in [-0.25, -0.2) is 0 Å². The van der Waals surface area contributed by atoms with Crippen LogP contribution in [0.5, 0.6) is 0 Å². The number of rotatable bonds is 2. The van der Waals surface area contributed by atoms with Gasteiger partial charge in [0.1, 0.15) is 11.9 Å². The first-order valence-electron chi connectivity index (χ1n) is 6.83. The van der Waals surface area contributed by atoms with Gasteiger partial charge in [-0.15, -0.1) is 11.8 Å². The molecule has 0 aliphatic carbocycles. The predicted molar refractivity (Wildman–Crippen MR) is 86.0 cm³/mol. The van der Waals surface area contributed by atoms with E-state index in [4.69, 9.17) is 16.0 Å². The van der Waals surface area contributed by atoms with Gasteiger partial charge in [-0.05, 0) is 30.2 Å². The number of benzene rings is 2. The topological polar surface area (TPSA) is 33.4 Å². The number of halogens is 1. The van der Waals surface area contributed by atoms with E-state index in [1.165, 1.54) is 10.5 Å². The highest BCUT2D eigenvalue weighted by atomic mass is 35.5. The van der Waals surface area contributed by atoms with Crippen molar-refractivity contribution in [3.8, 4) is 0 Å². The summed E-state index contributed by atoms with van der Waals surface area (Å²) in [6, 6.07) is 15.8. The van der Waals surface area contributed by atoms with Crippen LogP contribution in [0.3, 0.4) is 0 Å². The SMILES string of the molecule is OC(c1cc2cccc(Cl)c2o1)C1Cc2ccccc2S1. The largest absolute Gasteiger partial charge is 0.457 e. The van der Waals surface area contributed by atoms with Gasteiger partial charge in [0.05, 0.1) is 5.02 Å². The lowest BCUT2D eigenvalue weighted by Gasteiger charge is -2.14. The molecule has 2 heterocycles. The smallest absolute Gasteiger partial charge is 0.152 e. The Kier molecular flexibility index (Phi) is 3.21. The molecule has 0 fully saturated rings. The number of hydrogen-bond donors (Lipinski definition) is 1. The third-order valence-corrected chi connectivity index (χ3v) is 5.51.